The molecule has 0 radical (unpaired) electrons. The van der Waals surface area contributed by atoms with Gasteiger partial charge in [-0.05, 0) is 46.3 Å². The second-order valence-electron chi connectivity index (χ2n) is 3.48. The first kappa shape index (κ1) is 13.5. The van der Waals surface area contributed by atoms with E-state index < -0.39 is 5.97 Å². The van der Waals surface area contributed by atoms with Gasteiger partial charge in [-0.15, -0.1) is 0 Å². The number of halogens is 2. The van der Waals surface area contributed by atoms with Crippen molar-refractivity contribution in [3.05, 3.63) is 57.5 Å². The second kappa shape index (κ2) is 5.78. The predicted molar refractivity (Wildman–Crippen MR) is 76.7 cm³/mol. The van der Waals surface area contributed by atoms with Crippen molar-refractivity contribution in [1.82, 2.24) is 0 Å². The molecule has 0 heterocycles. The van der Waals surface area contributed by atoms with Crippen LogP contribution in [0.4, 0.5) is 0 Å². The standard InChI is InChI=1S/C13H8BrClO2S/c14-10-3-1-2-4-11(10)18-12-7-8(15)5-6-9(12)13(16)17/h1-7H,(H,16,17). The highest BCUT2D eigenvalue weighted by molar-refractivity contribution is 9.10. The third kappa shape index (κ3) is 3.07. The first-order chi connectivity index (χ1) is 8.58. The van der Waals surface area contributed by atoms with Crippen molar-refractivity contribution in [1.29, 1.82) is 0 Å². The molecule has 0 spiro atoms. The van der Waals surface area contributed by atoms with Gasteiger partial charge in [0.2, 0.25) is 0 Å². The monoisotopic (exact) mass is 342 g/mol. The van der Waals surface area contributed by atoms with Crippen LogP contribution in [0.25, 0.3) is 0 Å². The van der Waals surface area contributed by atoms with Crippen molar-refractivity contribution in [2.45, 2.75) is 9.79 Å². The largest absolute Gasteiger partial charge is 0.478 e. The van der Waals surface area contributed by atoms with Crippen LogP contribution < -0.4 is 0 Å². The number of carbonyl (C=O) groups is 1. The maximum absolute atomic E-state index is 11.1. The van der Waals surface area contributed by atoms with Crippen LogP contribution in [-0.2, 0) is 0 Å². The Kier molecular flexibility index (Phi) is 4.32. The number of hydrogen-bond acceptors (Lipinski definition) is 2. The molecular formula is C13H8BrClO2S. The Hall–Kier alpha value is -0.970. The Bertz CT molecular complexity index is 601. The van der Waals surface area contributed by atoms with Gasteiger partial charge in [0.15, 0.2) is 0 Å². The zero-order chi connectivity index (χ0) is 13.1. The normalized spacial score (nSPS) is 10.3. The number of aromatic carboxylic acids is 1. The van der Waals surface area contributed by atoms with E-state index in [9.17, 15) is 4.79 Å². The molecule has 0 amide bonds. The fourth-order valence-electron chi connectivity index (χ4n) is 1.40. The lowest BCUT2D eigenvalue weighted by molar-refractivity contribution is 0.0693. The molecule has 0 bridgehead atoms. The topological polar surface area (TPSA) is 37.3 Å². The average molecular weight is 344 g/mol. The summed E-state index contributed by atoms with van der Waals surface area (Å²) >= 11 is 10.7. The quantitative estimate of drug-likeness (QED) is 0.856. The van der Waals surface area contributed by atoms with Gasteiger partial charge < -0.3 is 5.11 Å². The van der Waals surface area contributed by atoms with Gasteiger partial charge in [-0.3, -0.25) is 0 Å². The highest BCUT2D eigenvalue weighted by Gasteiger charge is 2.12. The molecule has 2 aromatic rings. The predicted octanol–water partition coefficient (Wildman–Crippen LogP) is 4.95. The van der Waals surface area contributed by atoms with Crippen molar-refractivity contribution >= 4 is 45.3 Å². The fourth-order valence-corrected chi connectivity index (χ4v) is 3.17. The van der Waals surface area contributed by atoms with Gasteiger partial charge in [0, 0.05) is 19.3 Å². The van der Waals surface area contributed by atoms with Crippen LogP contribution >= 0.6 is 39.3 Å². The Morgan fingerprint density at radius 3 is 2.56 bits per heavy atom. The fraction of sp³-hybridized carbons (Fsp3) is 0. The number of carboxylic acids is 1. The van der Waals surface area contributed by atoms with Crippen molar-refractivity contribution in [3.8, 4) is 0 Å². The zero-order valence-corrected chi connectivity index (χ0v) is 12.2. The molecule has 2 nitrogen and oxygen atoms in total. The molecule has 92 valence electrons. The molecule has 2 rings (SSSR count). The van der Waals surface area contributed by atoms with Gasteiger partial charge in [-0.1, -0.05) is 35.5 Å². The third-order valence-corrected chi connectivity index (χ3v) is 4.55. The van der Waals surface area contributed by atoms with Crippen LogP contribution in [0.3, 0.4) is 0 Å². The number of carboxylic acid groups (broad SMARTS) is 1. The molecule has 18 heavy (non-hydrogen) atoms. The van der Waals surface area contributed by atoms with Gasteiger partial charge in [0.05, 0.1) is 5.56 Å². The minimum atomic E-state index is -0.957. The summed E-state index contributed by atoms with van der Waals surface area (Å²) in [5.74, 6) is -0.957. The van der Waals surface area contributed by atoms with Gasteiger partial charge in [0.25, 0.3) is 0 Å². The SMILES string of the molecule is O=C(O)c1ccc(Cl)cc1Sc1ccccc1Br. The Morgan fingerprint density at radius 1 is 1.17 bits per heavy atom. The lowest BCUT2D eigenvalue weighted by Gasteiger charge is -2.07. The van der Waals surface area contributed by atoms with Gasteiger partial charge in [0.1, 0.15) is 0 Å². The summed E-state index contributed by atoms with van der Waals surface area (Å²) in [5, 5.41) is 9.66. The lowest BCUT2D eigenvalue weighted by atomic mass is 10.2. The molecular weight excluding hydrogens is 336 g/mol. The molecule has 0 aliphatic heterocycles. The van der Waals surface area contributed by atoms with E-state index in [0.717, 1.165) is 9.37 Å². The molecule has 5 heteroatoms. The van der Waals surface area contributed by atoms with Gasteiger partial charge in [-0.25, -0.2) is 4.79 Å². The molecule has 0 saturated heterocycles. The van der Waals surface area contributed by atoms with E-state index in [-0.39, 0.29) is 5.56 Å². The Balaban J connectivity index is 2.42. The maximum Gasteiger partial charge on any atom is 0.336 e. The summed E-state index contributed by atoms with van der Waals surface area (Å²) in [7, 11) is 0. The number of rotatable bonds is 3. The van der Waals surface area contributed by atoms with E-state index in [2.05, 4.69) is 15.9 Å². The summed E-state index contributed by atoms with van der Waals surface area (Å²) < 4.78 is 0.923. The third-order valence-electron chi connectivity index (χ3n) is 2.23. The maximum atomic E-state index is 11.1. The van der Waals surface area contributed by atoms with Crippen LogP contribution in [-0.4, -0.2) is 11.1 Å². The minimum absolute atomic E-state index is 0.250. The van der Waals surface area contributed by atoms with E-state index >= 15 is 0 Å². The van der Waals surface area contributed by atoms with E-state index in [1.807, 2.05) is 24.3 Å². The Morgan fingerprint density at radius 2 is 1.89 bits per heavy atom. The molecule has 1 N–H and O–H groups in total. The number of hydrogen-bond donors (Lipinski definition) is 1. The Labute approximate surface area is 122 Å². The van der Waals surface area contributed by atoms with Crippen molar-refractivity contribution in [2.75, 3.05) is 0 Å². The van der Waals surface area contributed by atoms with Crippen LogP contribution in [0.1, 0.15) is 10.4 Å². The van der Waals surface area contributed by atoms with Gasteiger partial charge >= 0.3 is 5.97 Å². The highest BCUT2D eigenvalue weighted by atomic mass is 79.9. The molecule has 2 aromatic carbocycles. The number of benzene rings is 2. The zero-order valence-electron chi connectivity index (χ0n) is 9.06. The summed E-state index contributed by atoms with van der Waals surface area (Å²) in [4.78, 5) is 12.7. The first-order valence-electron chi connectivity index (χ1n) is 5.03. The minimum Gasteiger partial charge on any atom is -0.478 e. The van der Waals surface area contributed by atoms with Crippen LogP contribution in [0.5, 0.6) is 0 Å². The first-order valence-corrected chi connectivity index (χ1v) is 7.02. The van der Waals surface area contributed by atoms with E-state index in [1.54, 1.807) is 12.1 Å². The van der Waals surface area contributed by atoms with Crippen molar-refractivity contribution < 1.29 is 9.90 Å². The van der Waals surface area contributed by atoms with E-state index in [0.29, 0.717) is 9.92 Å². The highest BCUT2D eigenvalue weighted by Crippen LogP contribution is 2.36. The van der Waals surface area contributed by atoms with Crippen LogP contribution in [0.2, 0.25) is 5.02 Å². The molecule has 0 aliphatic carbocycles. The summed E-state index contributed by atoms with van der Waals surface area (Å²) in [6.07, 6.45) is 0. The van der Waals surface area contributed by atoms with Crippen molar-refractivity contribution in [2.24, 2.45) is 0 Å². The molecule has 0 saturated carbocycles. The molecule has 0 aliphatic rings. The van der Waals surface area contributed by atoms with Crippen LogP contribution in [0, 0.1) is 0 Å². The second-order valence-corrected chi connectivity index (χ2v) is 5.85. The lowest BCUT2D eigenvalue weighted by Crippen LogP contribution is -1.98. The summed E-state index contributed by atoms with van der Waals surface area (Å²) in [6, 6.07) is 12.4. The molecule has 0 unspecified atom stereocenters. The molecule has 0 atom stereocenters. The van der Waals surface area contributed by atoms with Gasteiger partial charge in [-0.2, -0.15) is 0 Å². The summed E-state index contributed by atoms with van der Waals surface area (Å²) in [5.41, 5.74) is 0.250. The molecule has 0 fully saturated rings. The molecule has 0 aromatic heterocycles. The van der Waals surface area contributed by atoms with Crippen LogP contribution in [0.15, 0.2) is 56.7 Å². The van der Waals surface area contributed by atoms with E-state index in [1.165, 1.54) is 17.8 Å². The summed E-state index contributed by atoms with van der Waals surface area (Å²) in [6.45, 7) is 0. The average Bonchev–Trinajstić information content (AvgIpc) is 2.32. The van der Waals surface area contributed by atoms with Crippen molar-refractivity contribution in [3.63, 3.8) is 0 Å². The smallest absolute Gasteiger partial charge is 0.336 e. The van der Waals surface area contributed by atoms with E-state index in [4.69, 9.17) is 16.7 Å².